The smallest absolute Gasteiger partial charge is 0.255 e. The maximum atomic E-state index is 11.9. The van der Waals surface area contributed by atoms with Crippen LogP contribution in [0.25, 0.3) is 0 Å². The van der Waals surface area contributed by atoms with Crippen molar-refractivity contribution >= 4 is 5.91 Å². The van der Waals surface area contributed by atoms with E-state index in [1.165, 1.54) is 0 Å². The van der Waals surface area contributed by atoms with Crippen LogP contribution in [0.3, 0.4) is 0 Å². The summed E-state index contributed by atoms with van der Waals surface area (Å²) in [5.74, 6) is 1.22. The third-order valence-corrected chi connectivity index (χ3v) is 2.84. The molecule has 0 aromatic carbocycles. The lowest BCUT2D eigenvalue weighted by molar-refractivity contribution is 0.0913. The van der Waals surface area contributed by atoms with E-state index in [-0.39, 0.29) is 18.6 Å². The average molecular weight is 225 g/mol. The molecule has 1 aromatic rings. The molecule has 0 bridgehead atoms. The predicted octanol–water partition coefficient (Wildman–Crippen LogP) is 1.71. The van der Waals surface area contributed by atoms with E-state index < -0.39 is 0 Å². The van der Waals surface area contributed by atoms with Gasteiger partial charge in [-0.15, -0.1) is 0 Å². The van der Waals surface area contributed by atoms with Crippen LogP contribution in [0.4, 0.5) is 0 Å². The summed E-state index contributed by atoms with van der Waals surface area (Å²) in [6.07, 6.45) is 0.706. The minimum absolute atomic E-state index is 0.0445. The molecule has 0 radical (unpaired) electrons. The second kappa shape index (κ2) is 5.16. The van der Waals surface area contributed by atoms with Gasteiger partial charge in [0, 0.05) is 5.56 Å². The molecule has 0 aliphatic rings. The van der Waals surface area contributed by atoms with Crippen molar-refractivity contribution in [3.05, 3.63) is 22.6 Å². The number of rotatable bonds is 4. The molecule has 0 saturated carbocycles. The second-order valence-corrected chi connectivity index (χ2v) is 3.98. The summed E-state index contributed by atoms with van der Waals surface area (Å²) in [5, 5.41) is 11.8. The highest BCUT2D eigenvalue weighted by Crippen LogP contribution is 2.20. The average Bonchev–Trinajstić information content (AvgIpc) is 2.49. The van der Waals surface area contributed by atoms with Gasteiger partial charge in [0.1, 0.15) is 11.5 Å². The first-order valence-electron chi connectivity index (χ1n) is 5.49. The van der Waals surface area contributed by atoms with Crippen molar-refractivity contribution < 1.29 is 14.3 Å². The predicted molar refractivity (Wildman–Crippen MR) is 61.6 cm³/mol. The Morgan fingerprint density at radius 3 is 2.38 bits per heavy atom. The van der Waals surface area contributed by atoms with Crippen molar-refractivity contribution in [2.24, 2.45) is 0 Å². The number of nitrogens with one attached hydrogen (secondary N) is 1. The lowest BCUT2D eigenvalue weighted by Crippen LogP contribution is -2.37. The number of aryl methyl sites for hydroxylation is 2. The maximum absolute atomic E-state index is 11.9. The minimum Gasteiger partial charge on any atom is -0.466 e. The van der Waals surface area contributed by atoms with Crippen LogP contribution in [0.15, 0.2) is 4.42 Å². The minimum atomic E-state index is -0.193. The van der Waals surface area contributed by atoms with E-state index in [9.17, 15) is 4.79 Å². The van der Waals surface area contributed by atoms with Gasteiger partial charge in [0.2, 0.25) is 0 Å². The van der Waals surface area contributed by atoms with E-state index in [1.54, 1.807) is 6.92 Å². The summed E-state index contributed by atoms with van der Waals surface area (Å²) >= 11 is 0. The Morgan fingerprint density at radius 2 is 2.00 bits per heavy atom. The van der Waals surface area contributed by atoms with Gasteiger partial charge >= 0.3 is 0 Å². The zero-order valence-corrected chi connectivity index (χ0v) is 10.3. The normalized spacial score (nSPS) is 12.6. The number of amides is 1. The first-order chi connectivity index (χ1) is 7.51. The fourth-order valence-corrected chi connectivity index (χ4v) is 1.66. The zero-order chi connectivity index (χ0) is 12.3. The van der Waals surface area contributed by atoms with Crippen molar-refractivity contribution in [2.75, 3.05) is 6.61 Å². The molecular weight excluding hydrogens is 206 g/mol. The third kappa shape index (κ3) is 2.44. The molecule has 1 rings (SSSR count). The monoisotopic (exact) mass is 225 g/mol. The summed E-state index contributed by atoms with van der Waals surface area (Å²) in [7, 11) is 0. The van der Waals surface area contributed by atoms with Crippen LogP contribution < -0.4 is 5.32 Å². The van der Waals surface area contributed by atoms with Crippen molar-refractivity contribution in [1.82, 2.24) is 5.32 Å². The van der Waals surface area contributed by atoms with E-state index in [4.69, 9.17) is 9.52 Å². The number of carbonyl (C=O) groups excluding carboxylic acids is 1. The Labute approximate surface area is 95.7 Å². The lowest BCUT2D eigenvalue weighted by Gasteiger charge is -2.13. The number of furan rings is 1. The summed E-state index contributed by atoms with van der Waals surface area (Å²) in [4.78, 5) is 11.9. The Kier molecular flexibility index (Phi) is 4.12. The van der Waals surface area contributed by atoms with Gasteiger partial charge in [0.05, 0.1) is 18.2 Å². The molecule has 0 fully saturated rings. The van der Waals surface area contributed by atoms with Gasteiger partial charge in [0.25, 0.3) is 5.91 Å². The zero-order valence-electron chi connectivity index (χ0n) is 10.3. The summed E-state index contributed by atoms with van der Waals surface area (Å²) in [6.45, 7) is 7.34. The Bertz CT molecular complexity index is 378. The Morgan fingerprint density at radius 1 is 1.38 bits per heavy atom. The maximum Gasteiger partial charge on any atom is 0.255 e. The van der Waals surface area contributed by atoms with Gasteiger partial charge in [0.15, 0.2) is 0 Å². The third-order valence-electron chi connectivity index (χ3n) is 2.84. The van der Waals surface area contributed by atoms with Crippen LogP contribution in [0.5, 0.6) is 0 Å². The molecule has 4 nitrogen and oxygen atoms in total. The van der Waals surface area contributed by atoms with Gasteiger partial charge < -0.3 is 14.8 Å². The quantitative estimate of drug-likeness (QED) is 0.820. The van der Waals surface area contributed by atoms with Crippen LogP contribution in [-0.4, -0.2) is 23.7 Å². The molecule has 0 spiro atoms. The number of hydrogen-bond donors (Lipinski definition) is 2. The Balaban J connectivity index is 2.88. The van der Waals surface area contributed by atoms with Crippen LogP contribution >= 0.6 is 0 Å². The number of hydrogen-bond acceptors (Lipinski definition) is 3. The molecule has 90 valence electrons. The van der Waals surface area contributed by atoms with Crippen molar-refractivity contribution in [3.63, 3.8) is 0 Å². The van der Waals surface area contributed by atoms with E-state index in [0.717, 1.165) is 11.3 Å². The molecule has 0 aliphatic carbocycles. The van der Waals surface area contributed by atoms with E-state index >= 15 is 0 Å². The lowest BCUT2D eigenvalue weighted by atomic mass is 10.1. The van der Waals surface area contributed by atoms with Crippen LogP contribution in [0.1, 0.15) is 40.8 Å². The molecule has 2 N–H and O–H groups in total. The molecular formula is C12H19NO3. The van der Waals surface area contributed by atoms with Crippen molar-refractivity contribution in [2.45, 2.75) is 40.2 Å². The molecule has 0 saturated heterocycles. The Hall–Kier alpha value is -1.29. The number of carbonyl (C=O) groups is 1. The van der Waals surface area contributed by atoms with Crippen molar-refractivity contribution in [3.8, 4) is 0 Å². The highest BCUT2D eigenvalue weighted by atomic mass is 16.3. The topological polar surface area (TPSA) is 62.5 Å². The highest BCUT2D eigenvalue weighted by molar-refractivity contribution is 5.97. The van der Waals surface area contributed by atoms with E-state index in [2.05, 4.69) is 5.32 Å². The van der Waals surface area contributed by atoms with Crippen LogP contribution in [0, 0.1) is 20.8 Å². The fourth-order valence-electron chi connectivity index (χ4n) is 1.66. The van der Waals surface area contributed by atoms with Gasteiger partial charge in [-0.25, -0.2) is 0 Å². The van der Waals surface area contributed by atoms with E-state index in [0.29, 0.717) is 17.7 Å². The molecule has 4 heteroatoms. The molecule has 1 aromatic heterocycles. The SMILES string of the molecule is CCC(CO)NC(=O)c1c(C)oc(C)c1C. The standard InChI is InChI=1S/C12H19NO3/c1-5-10(6-14)13-12(15)11-7(2)8(3)16-9(11)4/h10,14H,5-6H2,1-4H3,(H,13,15). The van der Waals surface area contributed by atoms with Crippen LogP contribution in [0.2, 0.25) is 0 Å². The summed E-state index contributed by atoms with van der Waals surface area (Å²) < 4.78 is 5.39. The van der Waals surface area contributed by atoms with Gasteiger partial charge in [-0.3, -0.25) is 4.79 Å². The van der Waals surface area contributed by atoms with Gasteiger partial charge in [-0.1, -0.05) is 6.92 Å². The second-order valence-electron chi connectivity index (χ2n) is 3.98. The van der Waals surface area contributed by atoms with Gasteiger partial charge in [-0.2, -0.15) is 0 Å². The summed E-state index contributed by atoms with van der Waals surface area (Å²) in [5.41, 5.74) is 1.45. The number of aliphatic hydroxyl groups is 1. The van der Waals surface area contributed by atoms with Crippen molar-refractivity contribution in [1.29, 1.82) is 0 Å². The largest absolute Gasteiger partial charge is 0.466 e. The van der Waals surface area contributed by atoms with E-state index in [1.807, 2.05) is 20.8 Å². The number of aliphatic hydroxyl groups excluding tert-OH is 1. The molecule has 1 atom stereocenters. The van der Waals surface area contributed by atoms with Gasteiger partial charge in [-0.05, 0) is 27.2 Å². The molecule has 1 heterocycles. The highest BCUT2D eigenvalue weighted by Gasteiger charge is 2.20. The molecule has 1 amide bonds. The van der Waals surface area contributed by atoms with Crippen LogP contribution in [-0.2, 0) is 0 Å². The molecule has 1 unspecified atom stereocenters. The fraction of sp³-hybridized carbons (Fsp3) is 0.583. The summed E-state index contributed by atoms with van der Waals surface area (Å²) in [6, 6.07) is -0.193. The molecule has 16 heavy (non-hydrogen) atoms. The molecule has 0 aliphatic heterocycles. The first kappa shape index (κ1) is 12.8. The first-order valence-corrected chi connectivity index (χ1v) is 5.49.